The summed E-state index contributed by atoms with van der Waals surface area (Å²) in [6, 6.07) is 12.5. The van der Waals surface area contributed by atoms with Gasteiger partial charge in [0.2, 0.25) is 0 Å². The number of esters is 1. The van der Waals surface area contributed by atoms with E-state index in [-0.39, 0.29) is 30.7 Å². The van der Waals surface area contributed by atoms with E-state index in [4.69, 9.17) is 9.15 Å². The molecule has 2 N–H and O–H groups in total. The zero-order chi connectivity index (χ0) is 20.1. The molecule has 1 atom stereocenters. The van der Waals surface area contributed by atoms with E-state index in [9.17, 15) is 14.7 Å². The van der Waals surface area contributed by atoms with Crippen LogP contribution in [0.4, 0.5) is 0 Å². The van der Waals surface area contributed by atoms with Gasteiger partial charge in [0.1, 0.15) is 11.3 Å². The summed E-state index contributed by atoms with van der Waals surface area (Å²) in [6.07, 6.45) is 2.17. The van der Waals surface area contributed by atoms with Gasteiger partial charge in [-0.15, -0.1) is 0 Å². The monoisotopic (exact) mass is 381 g/mol. The van der Waals surface area contributed by atoms with Crippen molar-refractivity contribution < 1.29 is 23.8 Å². The maximum absolute atomic E-state index is 12.2. The molecule has 0 aliphatic rings. The van der Waals surface area contributed by atoms with Crippen LogP contribution in [0.25, 0.3) is 11.0 Å². The number of hydrogen-bond acceptors (Lipinski definition) is 5. The van der Waals surface area contributed by atoms with E-state index in [1.807, 2.05) is 38.1 Å². The summed E-state index contributed by atoms with van der Waals surface area (Å²) >= 11 is 0. The molecular formula is C22H23NO5. The highest BCUT2D eigenvalue weighted by atomic mass is 16.5. The number of hydrogen-bond donors (Lipinski definition) is 2. The molecule has 3 aromatic rings. The fraction of sp³-hybridized carbons (Fsp3) is 0.273. The molecule has 0 saturated carbocycles. The minimum atomic E-state index is -0.519. The molecule has 1 amide bonds. The molecule has 1 aromatic heterocycles. The van der Waals surface area contributed by atoms with Gasteiger partial charge in [-0.2, -0.15) is 0 Å². The normalized spacial score (nSPS) is 11.9. The number of fused-ring (bicyclic) bond motifs is 1. The molecule has 2 aromatic carbocycles. The molecule has 0 saturated heterocycles. The third-order valence-electron chi connectivity index (χ3n) is 4.56. The van der Waals surface area contributed by atoms with Gasteiger partial charge in [0, 0.05) is 17.0 Å². The average Bonchev–Trinajstić information content (AvgIpc) is 3.07. The number of ether oxygens (including phenoxy) is 1. The third kappa shape index (κ3) is 4.71. The first-order chi connectivity index (χ1) is 13.5. The van der Waals surface area contributed by atoms with Crippen molar-refractivity contribution in [3.8, 4) is 5.75 Å². The Bertz CT molecular complexity index is 974. The van der Waals surface area contributed by atoms with Crippen molar-refractivity contribution >= 4 is 22.8 Å². The number of rotatable bonds is 7. The Morgan fingerprint density at radius 3 is 2.64 bits per heavy atom. The minimum Gasteiger partial charge on any atom is -0.508 e. The van der Waals surface area contributed by atoms with Gasteiger partial charge in [-0.3, -0.25) is 9.59 Å². The highest BCUT2D eigenvalue weighted by Crippen LogP contribution is 2.25. The molecule has 0 fully saturated rings. The fourth-order valence-electron chi connectivity index (χ4n) is 3.02. The standard InChI is InChI=1S/C22H23NO5/c1-3-19(15-6-4-14(2)5-7-15)23-21(25)13-28-22(26)10-16-12-27-20-11-17(24)8-9-18(16)20/h4-9,11-12,19,24H,3,10,13H2,1-2H3,(H,23,25)/t19-/m1/s1. The summed E-state index contributed by atoms with van der Waals surface area (Å²) in [6.45, 7) is 3.66. The van der Waals surface area contributed by atoms with Crippen LogP contribution in [0.1, 0.15) is 36.1 Å². The Labute approximate surface area is 163 Å². The molecule has 0 unspecified atom stereocenters. The molecule has 0 spiro atoms. The summed E-state index contributed by atoms with van der Waals surface area (Å²) in [7, 11) is 0. The summed E-state index contributed by atoms with van der Waals surface area (Å²) in [4.78, 5) is 24.3. The number of nitrogens with one attached hydrogen (secondary N) is 1. The van der Waals surface area contributed by atoms with Crippen LogP contribution >= 0.6 is 0 Å². The molecule has 0 bridgehead atoms. The van der Waals surface area contributed by atoms with E-state index < -0.39 is 5.97 Å². The lowest BCUT2D eigenvalue weighted by molar-refractivity contribution is -0.148. The van der Waals surface area contributed by atoms with E-state index in [0.717, 1.165) is 22.9 Å². The number of phenolic OH excluding ortho intramolecular Hbond substituents is 1. The first-order valence-electron chi connectivity index (χ1n) is 9.17. The van der Waals surface area contributed by atoms with E-state index in [0.29, 0.717) is 11.1 Å². The van der Waals surface area contributed by atoms with Gasteiger partial charge < -0.3 is 19.6 Å². The first kappa shape index (κ1) is 19.5. The second-order valence-electron chi connectivity index (χ2n) is 6.72. The van der Waals surface area contributed by atoms with Crippen molar-refractivity contribution in [3.05, 3.63) is 65.4 Å². The van der Waals surface area contributed by atoms with Gasteiger partial charge in [-0.1, -0.05) is 36.8 Å². The maximum Gasteiger partial charge on any atom is 0.310 e. The van der Waals surface area contributed by atoms with Crippen LogP contribution in [0.3, 0.4) is 0 Å². The lowest BCUT2D eigenvalue weighted by atomic mass is 10.0. The van der Waals surface area contributed by atoms with E-state index in [1.54, 1.807) is 6.07 Å². The number of amides is 1. The minimum absolute atomic E-state index is 0.0137. The van der Waals surface area contributed by atoms with Crippen molar-refractivity contribution in [2.24, 2.45) is 0 Å². The number of phenols is 1. The summed E-state index contributed by atoms with van der Waals surface area (Å²) < 4.78 is 10.4. The second-order valence-corrected chi connectivity index (χ2v) is 6.72. The van der Waals surface area contributed by atoms with Crippen LogP contribution < -0.4 is 5.32 Å². The lowest BCUT2D eigenvalue weighted by Gasteiger charge is -2.17. The Morgan fingerprint density at radius 2 is 1.93 bits per heavy atom. The average molecular weight is 381 g/mol. The van der Waals surface area contributed by atoms with Crippen molar-refractivity contribution in [2.45, 2.75) is 32.7 Å². The van der Waals surface area contributed by atoms with E-state index >= 15 is 0 Å². The van der Waals surface area contributed by atoms with Gasteiger partial charge in [-0.05, 0) is 31.0 Å². The molecule has 0 aliphatic carbocycles. The predicted octanol–water partition coefficient (Wildman–Crippen LogP) is 3.80. The largest absolute Gasteiger partial charge is 0.508 e. The van der Waals surface area contributed by atoms with Crippen LogP contribution in [0.15, 0.2) is 53.1 Å². The topological polar surface area (TPSA) is 88.8 Å². The van der Waals surface area contributed by atoms with Crippen molar-refractivity contribution in [1.29, 1.82) is 0 Å². The molecule has 6 heteroatoms. The Kier molecular flexibility index (Phi) is 5.99. The summed E-state index contributed by atoms with van der Waals surface area (Å²) in [5.41, 5.74) is 3.30. The summed E-state index contributed by atoms with van der Waals surface area (Å²) in [5.74, 6) is -0.774. The van der Waals surface area contributed by atoms with Crippen LogP contribution in [0.2, 0.25) is 0 Å². The molecule has 146 valence electrons. The quantitative estimate of drug-likeness (QED) is 0.608. The smallest absolute Gasteiger partial charge is 0.310 e. The Morgan fingerprint density at radius 1 is 1.18 bits per heavy atom. The van der Waals surface area contributed by atoms with Gasteiger partial charge in [0.25, 0.3) is 5.91 Å². The third-order valence-corrected chi connectivity index (χ3v) is 4.56. The van der Waals surface area contributed by atoms with Crippen molar-refractivity contribution in [2.75, 3.05) is 6.61 Å². The van der Waals surface area contributed by atoms with Crippen LogP contribution in [0, 0.1) is 6.92 Å². The number of aromatic hydroxyl groups is 1. The SMILES string of the molecule is CC[C@@H](NC(=O)COC(=O)Cc1coc2cc(O)ccc12)c1ccc(C)cc1. The molecule has 1 heterocycles. The van der Waals surface area contributed by atoms with Crippen LogP contribution in [-0.4, -0.2) is 23.6 Å². The Balaban J connectivity index is 1.53. The fourth-order valence-corrected chi connectivity index (χ4v) is 3.02. The van der Waals surface area contributed by atoms with E-state index in [1.165, 1.54) is 18.4 Å². The highest BCUT2D eigenvalue weighted by Gasteiger charge is 2.16. The molecule has 6 nitrogen and oxygen atoms in total. The molecule has 0 radical (unpaired) electrons. The zero-order valence-electron chi connectivity index (χ0n) is 15.9. The molecular weight excluding hydrogens is 358 g/mol. The van der Waals surface area contributed by atoms with Gasteiger partial charge in [0.15, 0.2) is 6.61 Å². The zero-order valence-corrected chi connectivity index (χ0v) is 15.9. The Hall–Kier alpha value is -3.28. The molecule has 28 heavy (non-hydrogen) atoms. The number of carbonyl (C=O) groups excluding carboxylic acids is 2. The molecule has 3 rings (SSSR count). The van der Waals surface area contributed by atoms with Gasteiger partial charge in [-0.25, -0.2) is 0 Å². The van der Waals surface area contributed by atoms with Crippen molar-refractivity contribution in [1.82, 2.24) is 5.32 Å². The van der Waals surface area contributed by atoms with Crippen molar-refractivity contribution in [3.63, 3.8) is 0 Å². The maximum atomic E-state index is 12.2. The van der Waals surface area contributed by atoms with Gasteiger partial charge >= 0.3 is 5.97 Å². The highest BCUT2D eigenvalue weighted by molar-refractivity contribution is 5.87. The summed E-state index contributed by atoms with van der Waals surface area (Å²) in [5, 5.41) is 13.1. The number of furan rings is 1. The van der Waals surface area contributed by atoms with Gasteiger partial charge in [0.05, 0.1) is 18.7 Å². The molecule has 0 aliphatic heterocycles. The van der Waals surface area contributed by atoms with Crippen LogP contribution in [0.5, 0.6) is 5.75 Å². The lowest BCUT2D eigenvalue weighted by Crippen LogP contribution is -2.32. The van der Waals surface area contributed by atoms with Crippen LogP contribution in [-0.2, 0) is 20.7 Å². The predicted molar refractivity (Wildman–Crippen MR) is 105 cm³/mol. The van der Waals surface area contributed by atoms with E-state index in [2.05, 4.69) is 5.32 Å². The number of benzene rings is 2. The number of aryl methyl sites for hydroxylation is 1. The second kappa shape index (κ2) is 8.61. The first-order valence-corrected chi connectivity index (χ1v) is 9.17. The number of carbonyl (C=O) groups is 2.